The highest BCUT2D eigenvalue weighted by Gasteiger charge is 2.35. The Balaban J connectivity index is 1.89. The number of hydrogen-bond acceptors (Lipinski definition) is 3. The number of ether oxygens (including phenoxy) is 2. The summed E-state index contributed by atoms with van der Waals surface area (Å²) in [5, 5.41) is 3.71. The van der Waals surface area contributed by atoms with Gasteiger partial charge in [0.1, 0.15) is 0 Å². The maximum atomic E-state index is 5.52. The molecule has 0 amide bonds. The summed E-state index contributed by atoms with van der Waals surface area (Å²) in [4.78, 5) is 0. The van der Waals surface area contributed by atoms with Crippen molar-refractivity contribution < 1.29 is 9.47 Å². The summed E-state index contributed by atoms with van der Waals surface area (Å²) in [6.45, 7) is 0.972. The van der Waals surface area contributed by atoms with Crippen LogP contribution >= 0.6 is 0 Å². The second-order valence-electron chi connectivity index (χ2n) is 6.11. The largest absolute Gasteiger partial charge is 0.493 e. The van der Waals surface area contributed by atoms with Crippen LogP contribution in [0, 0.1) is 0 Å². The van der Waals surface area contributed by atoms with E-state index in [2.05, 4.69) is 41.7 Å². The third kappa shape index (κ3) is 2.00. The van der Waals surface area contributed by atoms with Crippen molar-refractivity contribution in [2.75, 3.05) is 14.2 Å². The Morgan fingerprint density at radius 2 is 1.73 bits per heavy atom. The Kier molecular flexibility index (Phi) is 3.30. The van der Waals surface area contributed by atoms with Crippen LogP contribution in [0.25, 0.3) is 0 Å². The molecule has 2 aliphatic rings. The standard InChI is InChI=1S/C19H21NO2/c1-21-17-9-12-7-8-16-19(15(12)10-18(17)22-2)14-6-4-3-5-13(14)11-20-16/h3-6,9-10,16,19-20H,7-8,11H2,1-2H3. The van der Waals surface area contributed by atoms with Gasteiger partial charge in [-0.3, -0.25) is 0 Å². The summed E-state index contributed by atoms with van der Waals surface area (Å²) >= 11 is 0. The van der Waals surface area contributed by atoms with Crippen LogP contribution in [-0.4, -0.2) is 20.3 Å². The molecule has 2 aromatic rings. The first-order chi connectivity index (χ1) is 10.8. The minimum Gasteiger partial charge on any atom is -0.493 e. The van der Waals surface area contributed by atoms with Gasteiger partial charge >= 0.3 is 0 Å². The normalized spacial score (nSPS) is 22.3. The first-order valence-electron chi connectivity index (χ1n) is 7.88. The van der Waals surface area contributed by atoms with E-state index in [1.165, 1.54) is 28.7 Å². The summed E-state index contributed by atoms with van der Waals surface area (Å²) in [7, 11) is 3.41. The van der Waals surface area contributed by atoms with Crippen molar-refractivity contribution in [1.82, 2.24) is 5.32 Å². The van der Waals surface area contributed by atoms with E-state index in [0.29, 0.717) is 12.0 Å². The predicted octanol–water partition coefficient (Wildman–Crippen LogP) is 3.25. The Hall–Kier alpha value is -2.00. The molecule has 22 heavy (non-hydrogen) atoms. The van der Waals surface area contributed by atoms with Crippen LogP contribution in [0.5, 0.6) is 11.5 Å². The number of fused-ring (bicyclic) bond motifs is 5. The zero-order chi connectivity index (χ0) is 15.1. The Morgan fingerprint density at radius 1 is 0.955 bits per heavy atom. The first-order valence-corrected chi connectivity index (χ1v) is 7.88. The molecule has 0 bridgehead atoms. The van der Waals surface area contributed by atoms with Crippen LogP contribution in [0.3, 0.4) is 0 Å². The lowest BCUT2D eigenvalue weighted by atomic mass is 9.72. The summed E-state index contributed by atoms with van der Waals surface area (Å²) in [5.41, 5.74) is 5.64. The zero-order valence-electron chi connectivity index (χ0n) is 13.1. The number of nitrogens with one attached hydrogen (secondary N) is 1. The summed E-state index contributed by atoms with van der Waals surface area (Å²) in [6, 6.07) is 13.6. The van der Waals surface area contributed by atoms with E-state index in [1.54, 1.807) is 14.2 Å². The van der Waals surface area contributed by atoms with Crippen molar-refractivity contribution in [1.29, 1.82) is 0 Å². The molecule has 2 atom stereocenters. The molecule has 4 rings (SSSR count). The number of hydrogen-bond donors (Lipinski definition) is 1. The molecule has 0 fully saturated rings. The Labute approximate surface area is 131 Å². The fourth-order valence-corrected chi connectivity index (χ4v) is 3.98. The van der Waals surface area contributed by atoms with Gasteiger partial charge in [-0.05, 0) is 47.2 Å². The van der Waals surface area contributed by atoms with Crippen molar-refractivity contribution in [3.8, 4) is 11.5 Å². The van der Waals surface area contributed by atoms with Crippen LogP contribution in [-0.2, 0) is 13.0 Å². The molecular weight excluding hydrogens is 274 g/mol. The van der Waals surface area contributed by atoms with E-state index in [4.69, 9.17) is 9.47 Å². The van der Waals surface area contributed by atoms with Crippen molar-refractivity contribution in [2.45, 2.75) is 31.3 Å². The second kappa shape index (κ2) is 5.33. The van der Waals surface area contributed by atoms with Gasteiger partial charge in [-0.1, -0.05) is 24.3 Å². The van der Waals surface area contributed by atoms with Crippen LogP contribution in [0.15, 0.2) is 36.4 Å². The summed E-state index contributed by atoms with van der Waals surface area (Å²) < 4.78 is 11.0. The number of benzene rings is 2. The molecule has 1 aliphatic heterocycles. The first kappa shape index (κ1) is 13.6. The van der Waals surface area contributed by atoms with E-state index >= 15 is 0 Å². The van der Waals surface area contributed by atoms with Gasteiger partial charge in [-0.15, -0.1) is 0 Å². The fourth-order valence-electron chi connectivity index (χ4n) is 3.98. The van der Waals surface area contributed by atoms with Gasteiger partial charge in [0.25, 0.3) is 0 Å². The topological polar surface area (TPSA) is 30.5 Å². The molecule has 3 heteroatoms. The highest BCUT2D eigenvalue weighted by molar-refractivity contribution is 5.54. The van der Waals surface area contributed by atoms with E-state index < -0.39 is 0 Å². The molecule has 3 nitrogen and oxygen atoms in total. The lowest BCUT2D eigenvalue weighted by Gasteiger charge is -2.39. The van der Waals surface area contributed by atoms with Crippen molar-refractivity contribution in [3.63, 3.8) is 0 Å². The zero-order valence-corrected chi connectivity index (χ0v) is 13.1. The fraction of sp³-hybridized carbons (Fsp3) is 0.368. The van der Waals surface area contributed by atoms with Gasteiger partial charge in [0.2, 0.25) is 0 Å². The quantitative estimate of drug-likeness (QED) is 0.922. The van der Waals surface area contributed by atoms with Gasteiger partial charge in [-0.25, -0.2) is 0 Å². The third-order valence-corrected chi connectivity index (χ3v) is 5.05. The van der Waals surface area contributed by atoms with E-state index in [0.717, 1.165) is 24.5 Å². The van der Waals surface area contributed by atoms with Crippen LogP contribution in [0.1, 0.15) is 34.6 Å². The molecule has 2 unspecified atom stereocenters. The third-order valence-electron chi connectivity index (χ3n) is 5.05. The minimum absolute atomic E-state index is 0.411. The highest BCUT2D eigenvalue weighted by Crippen LogP contribution is 2.44. The SMILES string of the molecule is COc1cc2c(cc1OC)C1c3ccccc3CNC1CC2. The Bertz CT molecular complexity index is 711. The highest BCUT2D eigenvalue weighted by atomic mass is 16.5. The Morgan fingerprint density at radius 3 is 2.55 bits per heavy atom. The lowest BCUT2D eigenvalue weighted by molar-refractivity contribution is 0.349. The average Bonchev–Trinajstić information content (AvgIpc) is 2.59. The van der Waals surface area contributed by atoms with Gasteiger partial charge < -0.3 is 14.8 Å². The number of rotatable bonds is 2. The van der Waals surface area contributed by atoms with Crippen LogP contribution in [0.2, 0.25) is 0 Å². The number of aryl methyl sites for hydroxylation is 1. The average molecular weight is 295 g/mol. The van der Waals surface area contributed by atoms with Crippen LogP contribution in [0.4, 0.5) is 0 Å². The molecule has 1 aliphatic carbocycles. The van der Waals surface area contributed by atoms with Gasteiger partial charge in [0, 0.05) is 18.5 Å². The maximum Gasteiger partial charge on any atom is 0.161 e. The molecular formula is C19H21NO2. The van der Waals surface area contributed by atoms with Crippen molar-refractivity contribution in [3.05, 3.63) is 58.7 Å². The van der Waals surface area contributed by atoms with Crippen molar-refractivity contribution >= 4 is 0 Å². The minimum atomic E-state index is 0.411. The van der Waals surface area contributed by atoms with Gasteiger partial charge in [0.15, 0.2) is 11.5 Å². The van der Waals surface area contributed by atoms with Gasteiger partial charge in [0.05, 0.1) is 14.2 Å². The lowest BCUT2D eigenvalue weighted by Crippen LogP contribution is -2.42. The monoisotopic (exact) mass is 295 g/mol. The summed E-state index contributed by atoms with van der Waals surface area (Å²) in [6.07, 6.45) is 2.26. The molecule has 114 valence electrons. The predicted molar refractivity (Wildman–Crippen MR) is 86.8 cm³/mol. The smallest absolute Gasteiger partial charge is 0.161 e. The maximum absolute atomic E-state index is 5.52. The molecule has 0 radical (unpaired) electrons. The van der Waals surface area contributed by atoms with E-state index in [9.17, 15) is 0 Å². The van der Waals surface area contributed by atoms with E-state index in [1.807, 2.05) is 0 Å². The van der Waals surface area contributed by atoms with Crippen LogP contribution < -0.4 is 14.8 Å². The molecule has 0 saturated heterocycles. The summed E-state index contributed by atoms with van der Waals surface area (Å²) in [5.74, 6) is 2.07. The second-order valence-corrected chi connectivity index (χ2v) is 6.11. The van der Waals surface area contributed by atoms with Gasteiger partial charge in [-0.2, -0.15) is 0 Å². The van der Waals surface area contributed by atoms with E-state index in [-0.39, 0.29) is 0 Å². The molecule has 0 spiro atoms. The molecule has 0 aromatic heterocycles. The molecule has 1 N–H and O–H groups in total. The number of methoxy groups -OCH3 is 2. The molecule has 2 aromatic carbocycles. The molecule has 0 saturated carbocycles. The van der Waals surface area contributed by atoms with Crippen molar-refractivity contribution in [2.24, 2.45) is 0 Å². The molecule has 1 heterocycles.